The number of halogens is 1. The number of nitrogens with one attached hydrogen (secondary N) is 3. The number of rotatable bonds is 8. The van der Waals surface area contributed by atoms with E-state index >= 15 is 0 Å². The molecule has 1 fully saturated rings. The molecule has 0 spiro atoms. The molecule has 0 saturated carbocycles. The van der Waals surface area contributed by atoms with Gasteiger partial charge in [-0.05, 0) is 83.1 Å². The van der Waals surface area contributed by atoms with Crippen LogP contribution in [0, 0.1) is 20.8 Å². The van der Waals surface area contributed by atoms with Crippen molar-refractivity contribution in [2.75, 3.05) is 38.6 Å². The van der Waals surface area contributed by atoms with Gasteiger partial charge in [0.05, 0.1) is 32.9 Å². The standard InChI is InChI=1S/C32H35ClN6O5/c1-16-5-6-24(17(2)27(16)33)44-15-20(40)14-35-22-7-10-34-30(41)26(22)29-36-23-13-21-25(18(3)28(23)37-29)32(43)39(31(21)42)19-8-11-38(4)12-9-19/h5-7,10,13,19-20,40H,8-9,11-12,14-15H2,1-4H3,(H,36,37)(H2,34,35,41)/t20-/m1/s1. The summed E-state index contributed by atoms with van der Waals surface area (Å²) in [6.07, 6.45) is 2.10. The van der Waals surface area contributed by atoms with E-state index in [1.807, 2.05) is 33.0 Å². The van der Waals surface area contributed by atoms with E-state index in [1.165, 1.54) is 11.1 Å². The number of anilines is 1. The fourth-order valence-corrected chi connectivity index (χ4v) is 6.25. The number of carbonyl (C=O) groups excluding carboxylic acids is 2. The maximum absolute atomic E-state index is 13.5. The van der Waals surface area contributed by atoms with Crippen molar-refractivity contribution in [2.24, 2.45) is 0 Å². The Morgan fingerprint density at radius 1 is 1.09 bits per heavy atom. The number of aryl methyl sites for hydroxylation is 2. The molecule has 0 aliphatic carbocycles. The number of aromatic nitrogens is 3. The molecule has 6 rings (SSSR count). The number of piperidine rings is 1. The monoisotopic (exact) mass is 618 g/mol. The highest BCUT2D eigenvalue weighted by Gasteiger charge is 2.42. The molecule has 1 atom stereocenters. The first kappa shape index (κ1) is 29.9. The van der Waals surface area contributed by atoms with Crippen LogP contribution in [0.3, 0.4) is 0 Å². The Morgan fingerprint density at radius 3 is 2.59 bits per heavy atom. The van der Waals surface area contributed by atoms with Gasteiger partial charge in [-0.25, -0.2) is 4.98 Å². The number of ether oxygens (including phenoxy) is 1. The summed E-state index contributed by atoms with van der Waals surface area (Å²) in [6, 6.07) is 6.87. The molecule has 0 radical (unpaired) electrons. The molecule has 2 aliphatic rings. The maximum atomic E-state index is 13.5. The maximum Gasteiger partial charge on any atom is 0.262 e. The Bertz CT molecular complexity index is 1840. The molecule has 11 nitrogen and oxygen atoms in total. The molecule has 1 saturated heterocycles. The fraction of sp³-hybridized carbons (Fsp3) is 0.375. The van der Waals surface area contributed by atoms with Crippen LogP contribution in [0.2, 0.25) is 5.02 Å². The molecule has 2 aromatic carbocycles. The number of imidazole rings is 1. The van der Waals surface area contributed by atoms with Crippen molar-refractivity contribution in [3.8, 4) is 17.1 Å². The Labute approximate surface area is 259 Å². The van der Waals surface area contributed by atoms with E-state index in [9.17, 15) is 19.5 Å². The highest BCUT2D eigenvalue weighted by Crippen LogP contribution is 2.35. The normalized spacial score (nSPS) is 16.5. The van der Waals surface area contributed by atoms with Crippen molar-refractivity contribution < 1.29 is 19.4 Å². The molecule has 4 aromatic rings. The molecule has 4 N–H and O–H groups in total. The average molecular weight is 619 g/mol. The van der Waals surface area contributed by atoms with Crippen LogP contribution < -0.4 is 15.6 Å². The predicted molar refractivity (Wildman–Crippen MR) is 169 cm³/mol. The van der Waals surface area contributed by atoms with E-state index in [-0.39, 0.29) is 42.4 Å². The van der Waals surface area contributed by atoms with Crippen LogP contribution >= 0.6 is 11.6 Å². The van der Waals surface area contributed by atoms with Crippen molar-refractivity contribution in [1.29, 1.82) is 0 Å². The van der Waals surface area contributed by atoms with E-state index in [0.29, 0.717) is 44.2 Å². The number of carbonyl (C=O) groups is 2. The van der Waals surface area contributed by atoms with Crippen LogP contribution in [0.1, 0.15) is 50.2 Å². The minimum atomic E-state index is -0.896. The first-order valence-electron chi connectivity index (χ1n) is 14.7. The lowest BCUT2D eigenvalue weighted by molar-refractivity contribution is 0.0516. The van der Waals surface area contributed by atoms with E-state index in [1.54, 1.807) is 19.1 Å². The number of nitrogens with zero attached hydrogens (tertiary/aromatic N) is 3. The molecule has 4 heterocycles. The van der Waals surface area contributed by atoms with Crippen molar-refractivity contribution in [3.05, 3.63) is 73.7 Å². The number of H-pyrrole nitrogens is 2. The van der Waals surface area contributed by atoms with Gasteiger partial charge in [-0.2, -0.15) is 0 Å². The first-order valence-corrected chi connectivity index (χ1v) is 15.0. The number of hydrogen-bond acceptors (Lipinski definition) is 8. The van der Waals surface area contributed by atoms with Gasteiger partial charge in [0.15, 0.2) is 0 Å². The summed E-state index contributed by atoms with van der Waals surface area (Å²) < 4.78 is 5.80. The minimum absolute atomic E-state index is 0.0117. The third-order valence-corrected chi connectivity index (χ3v) is 9.24. The van der Waals surface area contributed by atoms with Gasteiger partial charge >= 0.3 is 0 Å². The predicted octanol–water partition coefficient (Wildman–Crippen LogP) is 4.04. The molecule has 12 heteroatoms. The second-order valence-corrected chi connectivity index (χ2v) is 12.1. The highest BCUT2D eigenvalue weighted by molar-refractivity contribution is 6.32. The van der Waals surface area contributed by atoms with Gasteiger partial charge in [0.1, 0.15) is 29.8 Å². The van der Waals surface area contributed by atoms with E-state index in [2.05, 4.69) is 25.2 Å². The third kappa shape index (κ3) is 5.25. The van der Waals surface area contributed by atoms with Gasteiger partial charge in [-0.3, -0.25) is 19.3 Å². The smallest absolute Gasteiger partial charge is 0.262 e. The summed E-state index contributed by atoms with van der Waals surface area (Å²) >= 11 is 6.32. The van der Waals surface area contributed by atoms with E-state index in [0.717, 1.165) is 37.1 Å². The number of aliphatic hydroxyl groups excluding tert-OH is 1. The van der Waals surface area contributed by atoms with Gasteiger partial charge in [-0.15, -0.1) is 0 Å². The number of aromatic amines is 2. The van der Waals surface area contributed by atoms with Crippen LogP contribution in [-0.4, -0.2) is 87.1 Å². The van der Waals surface area contributed by atoms with Crippen LogP contribution in [0.5, 0.6) is 5.75 Å². The van der Waals surface area contributed by atoms with Crippen LogP contribution in [0.25, 0.3) is 22.4 Å². The molecule has 2 aromatic heterocycles. The molecular weight excluding hydrogens is 584 g/mol. The lowest BCUT2D eigenvalue weighted by Gasteiger charge is -2.33. The number of likely N-dealkylation sites (tertiary alicyclic amines) is 1. The Hall–Kier alpha value is -4.19. The van der Waals surface area contributed by atoms with Crippen LogP contribution in [0.4, 0.5) is 5.69 Å². The Kier molecular flexibility index (Phi) is 7.95. The van der Waals surface area contributed by atoms with E-state index < -0.39 is 11.7 Å². The molecule has 44 heavy (non-hydrogen) atoms. The van der Waals surface area contributed by atoms with Gasteiger partial charge in [-0.1, -0.05) is 17.7 Å². The van der Waals surface area contributed by atoms with Gasteiger partial charge < -0.3 is 30.0 Å². The zero-order valence-electron chi connectivity index (χ0n) is 25.1. The van der Waals surface area contributed by atoms with Crippen molar-refractivity contribution >= 4 is 40.1 Å². The molecule has 2 amide bonds. The van der Waals surface area contributed by atoms with Gasteiger partial charge in [0.2, 0.25) is 0 Å². The Balaban J connectivity index is 1.23. The number of imide groups is 1. The second-order valence-electron chi connectivity index (χ2n) is 11.7. The SMILES string of the molecule is Cc1ccc(OC[C@H](O)CNc2cc[nH]c(=O)c2-c2nc3cc4c(c(C)c3[nH]2)C(=O)N(C2CCN(C)CC2)C4=O)c(C)c1Cl. The summed E-state index contributed by atoms with van der Waals surface area (Å²) in [5, 5.41) is 14.4. The molecule has 2 aliphatic heterocycles. The summed E-state index contributed by atoms with van der Waals surface area (Å²) in [4.78, 5) is 54.2. The summed E-state index contributed by atoms with van der Waals surface area (Å²) in [7, 11) is 2.04. The summed E-state index contributed by atoms with van der Waals surface area (Å²) in [6.45, 7) is 7.33. The first-order chi connectivity index (χ1) is 21.0. The zero-order chi connectivity index (χ0) is 31.3. The van der Waals surface area contributed by atoms with Gasteiger partial charge in [0, 0.05) is 24.3 Å². The fourth-order valence-electron chi connectivity index (χ4n) is 6.10. The lowest BCUT2D eigenvalue weighted by Crippen LogP contribution is -2.46. The zero-order valence-corrected chi connectivity index (χ0v) is 25.8. The van der Waals surface area contributed by atoms with Gasteiger partial charge in [0.25, 0.3) is 17.4 Å². The van der Waals surface area contributed by atoms with Crippen molar-refractivity contribution in [1.82, 2.24) is 24.8 Å². The number of amides is 2. The largest absolute Gasteiger partial charge is 0.490 e. The number of aliphatic hydroxyl groups is 1. The minimum Gasteiger partial charge on any atom is -0.490 e. The average Bonchev–Trinajstić information content (AvgIpc) is 3.53. The summed E-state index contributed by atoms with van der Waals surface area (Å²) in [5.74, 6) is 0.286. The third-order valence-electron chi connectivity index (χ3n) is 8.65. The number of hydrogen-bond donors (Lipinski definition) is 4. The Morgan fingerprint density at radius 2 is 1.84 bits per heavy atom. The van der Waals surface area contributed by atoms with Crippen molar-refractivity contribution in [3.63, 3.8) is 0 Å². The molecule has 230 valence electrons. The van der Waals surface area contributed by atoms with Crippen LogP contribution in [-0.2, 0) is 0 Å². The van der Waals surface area contributed by atoms with Crippen molar-refractivity contribution in [2.45, 2.75) is 45.8 Å². The molecule has 0 bridgehead atoms. The number of benzene rings is 2. The topological polar surface area (TPSA) is 144 Å². The quantitative estimate of drug-likeness (QED) is 0.217. The highest BCUT2D eigenvalue weighted by atomic mass is 35.5. The number of fused-ring (bicyclic) bond motifs is 2. The molecule has 0 unspecified atom stereocenters. The summed E-state index contributed by atoms with van der Waals surface area (Å²) in [5.41, 5.74) is 4.44. The lowest BCUT2D eigenvalue weighted by atomic mass is 10.0. The number of pyridine rings is 1. The molecular formula is C32H35ClN6O5. The van der Waals surface area contributed by atoms with Crippen LogP contribution in [0.15, 0.2) is 35.3 Å². The van der Waals surface area contributed by atoms with E-state index in [4.69, 9.17) is 16.3 Å². The second kappa shape index (κ2) is 11.7.